The molecule has 0 unspecified atom stereocenters. The summed E-state index contributed by atoms with van der Waals surface area (Å²) in [6.07, 6.45) is 0. The minimum atomic E-state index is -1.10. The maximum absolute atomic E-state index is 13.8. The fraction of sp³-hybridized carbons (Fsp3) is 0.103. The number of rotatable bonds is 8. The summed E-state index contributed by atoms with van der Waals surface area (Å²) in [5.74, 6) is -1.71. The summed E-state index contributed by atoms with van der Waals surface area (Å²) in [5, 5.41) is 31.2. The molecule has 0 saturated carbocycles. The lowest BCUT2D eigenvalue weighted by Gasteiger charge is -2.24. The number of phenols is 1. The van der Waals surface area contributed by atoms with Crippen LogP contribution in [0.15, 0.2) is 92.9 Å². The zero-order valence-corrected chi connectivity index (χ0v) is 23.7. The SMILES string of the molecule is COc1cc([C@H]2C(C(=O)c3cc4ccccc4o3)=C(O)C(=O)N2c2nnc(SCc3ccccc3Cl)s2)ccc1O. The molecule has 0 aliphatic carbocycles. The Kier molecular flexibility index (Phi) is 7.16. The quantitative estimate of drug-likeness (QED) is 0.112. The molecule has 3 heterocycles. The molecule has 2 N–H and O–H groups in total. The molecule has 9 nitrogen and oxygen atoms in total. The number of furan rings is 1. The number of thioether (sulfide) groups is 1. The molecule has 0 radical (unpaired) electrons. The van der Waals surface area contributed by atoms with Crippen molar-refractivity contribution in [2.75, 3.05) is 12.0 Å². The summed E-state index contributed by atoms with van der Waals surface area (Å²) in [6.45, 7) is 0. The van der Waals surface area contributed by atoms with Crippen LogP contribution < -0.4 is 9.64 Å². The van der Waals surface area contributed by atoms with E-state index in [1.165, 1.54) is 35.9 Å². The van der Waals surface area contributed by atoms with Crippen molar-refractivity contribution in [1.82, 2.24) is 10.2 Å². The van der Waals surface area contributed by atoms with E-state index in [0.29, 0.717) is 31.6 Å². The normalized spacial score (nSPS) is 15.2. The molecule has 1 amide bonds. The van der Waals surface area contributed by atoms with Crippen molar-refractivity contribution in [2.45, 2.75) is 16.1 Å². The summed E-state index contributed by atoms with van der Waals surface area (Å²) >= 11 is 8.81. The highest BCUT2D eigenvalue weighted by atomic mass is 35.5. The lowest BCUT2D eigenvalue weighted by atomic mass is 9.95. The zero-order chi connectivity index (χ0) is 28.7. The van der Waals surface area contributed by atoms with Gasteiger partial charge in [-0.05, 0) is 41.5 Å². The summed E-state index contributed by atoms with van der Waals surface area (Å²) in [7, 11) is 1.39. The van der Waals surface area contributed by atoms with Crippen LogP contribution in [0.2, 0.25) is 5.02 Å². The molecule has 3 aromatic carbocycles. The van der Waals surface area contributed by atoms with Crippen LogP contribution in [-0.4, -0.2) is 39.2 Å². The Hall–Kier alpha value is -4.32. The van der Waals surface area contributed by atoms with Gasteiger partial charge in [-0.1, -0.05) is 77.2 Å². The highest BCUT2D eigenvalue weighted by molar-refractivity contribution is 8.00. The number of hydrogen-bond donors (Lipinski definition) is 2. The second-order valence-electron chi connectivity index (χ2n) is 8.98. The van der Waals surface area contributed by atoms with Gasteiger partial charge in [-0.3, -0.25) is 14.5 Å². The Morgan fingerprint density at radius 1 is 1.10 bits per heavy atom. The summed E-state index contributed by atoms with van der Waals surface area (Å²) in [5.41, 5.74) is 1.61. The predicted octanol–water partition coefficient (Wildman–Crippen LogP) is 6.73. The average Bonchev–Trinajstić information content (AvgIpc) is 3.69. The minimum absolute atomic E-state index is 0.0357. The van der Waals surface area contributed by atoms with Crippen LogP contribution in [0.5, 0.6) is 11.5 Å². The predicted molar refractivity (Wildman–Crippen MR) is 156 cm³/mol. The number of para-hydroxylation sites is 1. The third-order valence-corrected chi connectivity index (χ3v) is 9.01. The van der Waals surface area contributed by atoms with Gasteiger partial charge in [-0.15, -0.1) is 10.2 Å². The second kappa shape index (κ2) is 10.9. The Morgan fingerprint density at radius 3 is 2.66 bits per heavy atom. The van der Waals surface area contributed by atoms with Crippen molar-refractivity contribution in [3.63, 3.8) is 0 Å². The third kappa shape index (κ3) is 4.92. The number of methoxy groups -OCH3 is 1. The number of fused-ring (bicyclic) bond motifs is 1. The van der Waals surface area contributed by atoms with E-state index in [1.807, 2.05) is 24.3 Å². The van der Waals surface area contributed by atoms with Gasteiger partial charge in [0.05, 0.1) is 18.7 Å². The molecule has 41 heavy (non-hydrogen) atoms. The van der Waals surface area contributed by atoms with E-state index in [4.69, 9.17) is 20.8 Å². The number of nitrogens with zero attached hydrogens (tertiary/aromatic N) is 3. The van der Waals surface area contributed by atoms with E-state index in [2.05, 4.69) is 10.2 Å². The molecular weight excluding hydrogens is 586 g/mol. The highest BCUT2D eigenvalue weighted by Crippen LogP contribution is 2.45. The molecule has 6 rings (SSSR count). The number of phenolic OH excluding ortho intramolecular Hbond substituents is 1. The maximum atomic E-state index is 13.8. The number of aliphatic hydroxyl groups is 1. The number of aliphatic hydroxyl groups excluding tert-OH is 1. The van der Waals surface area contributed by atoms with E-state index in [1.54, 1.807) is 36.4 Å². The van der Waals surface area contributed by atoms with Gasteiger partial charge in [-0.2, -0.15) is 0 Å². The lowest BCUT2D eigenvalue weighted by molar-refractivity contribution is -0.117. The first-order chi connectivity index (χ1) is 19.9. The maximum Gasteiger partial charge on any atom is 0.296 e. The lowest BCUT2D eigenvalue weighted by Crippen LogP contribution is -2.31. The van der Waals surface area contributed by atoms with E-state index in [0.717, 1.165) is 16.9 Å². The van der Waals surface area contributed by atoms with Gasteiger partial charge in [0, 0.05) is 16.2 Å². The summed E-state index contributed by atoms with van der Waals surface area (Å²) in [4.78, 5) is 28.6. The van der Waals surface area contributed by atoms with Crippen LogP contribution in [0.1, 0.15) is 27.7 Å². The number of hydrogen-bond acceptors (Lipinski definition) is 10. The van der Waals surface area contributed by atoms with Gasteiger partial charge in [0.15, 0.2) is 27.4 Å². The van der Waals surface area contributed by atoms with Crippen molar-refractivity contribution in [3.8, 4) is 11.5 Å². The van der Waals surface area contributed by atoms with Crippen LogP contribution in [0.4, 0.5) is 5.13 Å². The Balaban J connectivity index is 1.39. The fourth-order valence-electron chi connectivity index (χ4n) is 4.55. The zero-order valence-electron chi connectivity index (χ0n) is 21.3. The van der Waals surface area contributed by atoms with Crippen molar-refractivity contribution < 1.29 is 29.0 Å². The molecule has 0 fully saturated rings. The molecule has 0 bridgehead atoms. The number of amides is 1. The molecule has 2 aromatic heterocycles. The largest absolute Gasteiger partial charge is 0.504 e. The van der Waals surface area contributed by atoms with Crippen LogP contribution in [0.25, 0.3) is 11.0 Å². The number of aromatic nitrogens is 2. The molecule has 5 aromatic rings. The molecule has 1 atom stereocenters. The Morgan fingerprint density at radius 2 is 1.88 bits per heavy atom. The molecule has 0 spiro atoms. The fourth-order valence-corrected chi connectivity index (χ4v) is 6.71. The molecule has 12 heteroatoms. The summed E-state index contributed by atoms with van der Waals surface area (Å²) in [6, 6.07) is 19.4. The number of carbonyl (C=O) groups excluding carboxylic acids is 2. The first-order valence-corrected chi connectivity index (χ1v) is 14.4. The van der Waals surface area contributed by atoms with Crippen LogP contribution in [-0.2, 0) is 10.5 Å². The van der Waals surface area contributed by atoms with Gasteiger partial charge in [0.2, 0.25) is 10.9 Å². The number of anilines is 1. The van der Waals surface area contributed by atoms with Crippen LogP contribution in [0.3, 0.4) is 0 Å². The Labute approximate surface area is 246 Å². The standard InChI is InChI=1S/C29H20ClN3O6S2/c1-38-21-13-16(10-11-19(21)34)24-23(25(35)22-12-15-6-3-5-9-20(15)39-22)26(36)27(37)33(24)28-31-32-29(41-28)40-14-17-7-2-4-8-18(17)30/h2-13,24,34,36H,14H2,1H3/t24-/m0/s1. The second-order valence-corrected chi connectivity index (χ2v) is 11.6. The van der Waals surface area contributed by atoms with Crippen LogP contribution >= 0.6 is 34.7 Å². The monoisotopic (exact) mass is 605 g/mol. The highest BCUT2D eigenvalue weighted by Gasteiger charge is 2.47. The van der Waals surface area contributed by atoms with Crippen molar-refractivity contribution >= 4 is 62.5 Å². The number of ether oxygens (including phenoxy) is 1. The third-order valence-electron chi connectivity index (χ3n) is 6.53. The molecule has 206 valence electrons. The van der Waals surface area contributed by atoms with Crippen molar-refractivity contribution in [3.05, 3.63) is 106 Å². The van der Waals surface area contributed by atoms with Gasteiger partial charge >= 0.3 is 0 Å². The molecule has 1 aliphatic heterocycles. The number of carbonyl (C=O) groups is 2. The number of ketones is 1. The smallest absolute Gasteiger partial charge is 0.296 e. The number of Topliss-reactive ketones (excluding diaryl/α,β-unsaturated/α-hetero) is 1. The molecule has 0 saturated heterocycles. The van der Waals surface area contributed by atoms with Crippen LogP contribution in [0, 0.1) is 0 Å². The van der Waals surface area contributed by atoms with E-state index >= 15 is 0 Å². The van der Waals surface area contributed by atoms with E-state index < -0.39 is 23.5 Å². The average molecular weight is 606 g/mol. The minimum Gasteiger partial charge on any atom is -0.504 e. The summed E-state index contributed by atoms with van der Waals surface area (Å²) < 4.78 is 11.6. The topological polar surface area (TPSA) is 126 Å². The van der Waals surface area contributed by atoms with Gasteiger partial charge < -0.3 is 19.4 Å². The number of benzene rings is 3. The first-order valence-electron chi connectivity index (χ1n) is 12.2. The van der Waals surface area contributed by atoms with Gasteiger partial charge in [-0.25, -0.2) is 0 Å². The number of aromatic hydroxyl groups is 1. The van der Waals surface area contributed by atoms with Crippen molar-refractivity contribution in [2.24, 2.45) is 0 Å². The molecular formula is C29H20ClN3O6S2. The first kappa shape index (κ1) is 26.9. The van der Waals surface area contributed by atoms with E-state index in [-0.39, 0.29) is 28.0 Å². The Bertz CT molecular complexity index is 1820. The van der Waals surface area contributed by atoms with E-state index in [9.17, 15) is 19.8 Å². The van der Waals surface area contributed by atoms with Gasteiger partial charge in [0.25, 0.3) is 5.91 Å². The number of halogens is 1. The van der Waals surface area contributed by atoms with Gasteiger partial charge in [0.1, 0.15) is 5.58 Å². The molecule has 1 aliphatic rings. The van der Waals surface area contributed by atoms with Crippen molar-refractivity contribution in [1.29, 1.82) is 0 Å².